The molecular formula is C17H12F3N5O2. The van der Waals surface area contributed by atoms with E-state index in [1.807, 2.05) is 0 Å². The summed E-state index contributed by atoms with van der Waals surface area (Å²) in [5, 5.41) is 18.7. The number of alkyl halides is 3. The molecule has 0 saturated heterocycles. The molecule has 0 spiro atoms. The summed E-state index contributed by atoms with van der Waals surface area (Å²) in [6.45, 7) is 1.11. The molecule has 0 radical (unpaired) electrons. The number of anilines is 1. The molecule has 10 heteroatoms. The van der Waals surface area contributed by atoms with Crippen molar-refractivity contribution in [3.63, 3.8) is 0 Å². The number of pyridine rings is 1. The van der Waals surface area contributed by atoms with Crippen LogP contribution in [-0.2, 0) is 6.18 Å². The van der Waals surface area contributed by atoms with Crippen LogP contribution in [0, 0.1) is 18.3 Å². The Balaban J connectivity index is 1.99. The Labute approximate surface area is 150 Å². The number of carbonyl (C=O) groups is 1. The van der Waals surface area contributed by atoms with E-state index in [4.69, 9.17) is 10.00 Å². The molecule has 0 bridgehead atoms. The summed E-state index contributed by atoms with van der Waals surface area (Å²) >= 11 is 0. The highest BCUT2D eigenvalue weighted by atomic mass is 19.4. The number of fused-ring (bicyclic) bond motifs is 1. The topological polar surface area (TPSA) is 104 Å². The highest BCUT2D eigenvalue weighted by molar-refractivity contribution is 6.05. The molecule has 0 fully saturated rings. The van der Waals surface area contributed by atoms with Gasteiger partial charge in [0.1, 0.15) is 11.8 Å². The van der Waals surface area contributed by atoms with E-state index in [-0.39, 0.29) is 0 Å². The largest absolute Gasteiger partial charge is 0.480 e. The van der Waals surface area contributed by atoms with E-state index in [2.05, 4.69) is 20.5 Å². The maximum Gasteiger partial charge on any atom is 0.418 e. The molecule has 0 aliphatic heterocycles. The molecule has 0 atom stereocenters. The van der Waals surface area contributed by atoms with Gasteiger partial charge < -0.3 is 10.1 Å². The molecule has 0 unspecified atom stereocenters. The summed E-state index contributed by atoms with van der Waals surface area (Å²) in [7, 11) is 1.43. The molecule has 1 amide bonds. The number of hydrogen-bond acceptors (Lipinski definition) is 5. The smallest absolute Gasteiger partial charge is 0.418 e. The van der Waals surface area contributed by atoms with Crippen molar-refractivity contribution < 1.29 is 22.7 Å². The molecular weight excluding hydrogens is 363 g/mol. The molecule has 7 nitrogen and oxygen atoms in total. The van der Waals surface area contributed by atoms with E-state index >= 15 is 0 Å². The van der Waals surface area contributed by atoms with Crippen molar-refractivity contribution in [1.29, 1.82) is 5.26 Å². The van der Waals surface area contributed by atoms with Crippen LogP contribution in [0.15, 0.2) is 24.4 Å². The van der Waals surface area contributed by atoms with Gasteiger partial charge in [0.25, 0.3) is 5.91 Å². The molecule has 0 aliphatic carbocycles. The van der Waals surface area contributed by atoms with E-state index in [1.54, 1.807) is 18.2 Å². The molecule has 2 N–H and O–H groups in total. The number of H-pyrrole nitrogens is 1. The first-order valence-corrected chi connectivity index (χ1v) is 7.56. The lowest BCUT2D eigenvalue weighted by Crippen LogP contribution is -2.20. The maximum absolute atomic E-state index is 13.3. The molecule has 3 rings (SSSR count). The fourth-order valence-electron chi connectivity index (χ4n) is 2.70. The van der Waals surface area contributed by atoms with Gasteiger partial charge in [0.15, 0.2) is 0 Å². The van der Waals surface area contributed by atoms with E-state index < -0.39 is 34.5 Å². The first kappa shape index (κ1) is 18.2. The molecule has 2 aromatic heterocycles. The van der Waals surface area contributed by atoms with Crippen molar-refractivity contribution in [3.05, 3.63) is 46.8 Å². The standard InChI is InChI=1S/C17H12F3N5O2/c1-8-13(17(18,19)20)9(6-21)7-22-14(8)15(26)23-10-3-4-12-11(5-10)16(27-2)25-24-12/h3-5,7H,1-2H3,(H,23,26)(H,24,25). The average Bonchev–Trinajstić information content (AvgIpc) is 3.02. The summed E-state index contributed by atoms with van der Waals surface area (Å²) in [5.41, 5.74) is -1.65. The number of rotatable bonds is 3. The number of benzene rings is 1. The number of ether oxygens (including phenoxy) is 1. The summed E-state index contributed by atoms with van der Waals surface area (Å²) < 4.78 is 44.8. The van der Waals surface area contributed by atoms with Crippen LogP contribution in [-0.4, -0.2) is 28.2 Å². The number of hydrogen-bond donors (Lipinski definition) is 2. The Morgan fingerprint density at radius 2 is 2.11 bits per heavy atom. The number of nitrogens with one attached hydrogen (secondary N) is 2. The molecule has 0 saturated carbocycles. The van der Waals surface area contributed by atoms with E-state index in [9.17, 15) is 18.0 Å². The van der Waals surface area contributed by atoms with E-state index in [0.29, 0.717) is 22.5 Å². The lowest BCUT2D eigenvalue weighted by molar-refractivity contribution is -0.138. The summed E-state index contributed by atoms with van der Waals surface area (Å²) in [4.78, 5) is 16.2. The van der Waals surface area contributed by atoms with Gasteiger partial charge in [0, 0.05) is 11.9 Å². The SMILES string of the molecule is COc1n[nH]c2ccc(NC(=O)c3ncc(C#N)c(C(F)(F)F)c3C)cc12. The van der Waals surface area contributed by atoms with Crippen LogP contribution in [0.4, 0.5) is 18.9 Å². The second-order valence-electron chi connectivity index (χ2n) is 5.58. The number of halogens is 3. The van der Waals surface area contributed by atoms with Gasteiger partial charge in [-0.1, -0.05) is 0 Å². The average molecular weight is 375 g/mol. The van der Waals surface area contributed by atoms with Gasteiger partial charge in [-0.2, -0.15) is 18.4 Å². The van der Waals surface area contributed by atoms with Crippen LogP contribution in [0.3, 0.4) is 0 Å². The van der Waals surface area contributed by atoms with Gasteiger partial charge in [-0.05, 0) is 30.7 Å². The van der Waals surface area contributed by atoms with Crippen LogP contribution in [0.25, 0.3) is 10.9 Å². The van der Waals surface area contributed by atoms with Crippen LogP contribution in [0.5, 0.6) is 5.88 Å². The van der Waals surface area contributed by atoms with Crippen LogP contribution in [0.2, 0.25) is 0 Å². The predicted molar refractivity (Wildman–Crippen MR) is 89.3 cm³/mol. The minimum Gasteiger partial charge on any atom is -0.480 e. The number of methoxy groups -OCH3 is 1. The van der Waals surface area contributed by atoms with Crippen LogP contribution < -0.4 is 10.1 Å². The number of amides is 1. The molecule has 0 aliphatic rings. The van der Waals surface area contributed by atoms with Gasteiger partial charge in [-0.25, -0.2) is 4.98 Å². The van der Waals surface area contributed by atoms with E-state index in [0.717, 1.165) is 13.1 Å². The van der Waals surface area contributed by atoms with Crippen LogP contribution in [0.1, 0.15) is 27.2 Å². The van der Waals surface area contributed by atoms with Gasteiger partial charge in [-0.3, -0.25) is 9.89 Å². The van der Waals surface area contributed by atoms with Gasteiger partial charge in [-0.15, -0.1) is 5.10 Å². The molecule has 27 heavy (non-hydrogen) atoms. The van der Waals surface area contributed by atoms with Gasteiger partial charge in [0.2, 0.25) is 5.88 Å². The zero-order valence-electron chi connectivity index (χ0n) is 14.1. The summed E-state index contributed by atoms with van der Waals surface area (Å²) in [5.74, 6) is -0.516. The third-order valence-electron chi connectivity index (χ3n) is 3.92. The van der Waals surface area contributed by atoms with Crippen molar-refractivity contribution >= 4 is 22.5 Å². The zero-order valence-corrected chi connectivity index (χ0v) is 14.1. The number of aromatic amines is 1. The normalized spacial score (nSPS) is 11.3. The Bertz CT molecular complexity index is 1080. The number of nitrogens with zero attached hydrogens (tertiary/aromatic N) is 3. The van der Waals surface area contributed by atoms with Gasteiger partial charge >= 0.3 is 6.18 Å². The molecule has 138 valence electrons. The van der Waals surface area contributed by atoms with E-state index in [1.165, 1.54) is 13.2 Å². The summed E-state index contributed by atoms with van der Waals surface area (Å²) in [6.07, 6.45) is -4.04. The highest BCUT2D eigenvalue weighted by Crippen LogP contribution is 2.35. The third kappa shape index (κ3) is 3.27. The highest BCUT2D eigenvalue weighted by Gasteiger charge is 2.37. The Morgan fingerprint density at radius 3 is 2.74 bits per heavy atom. The second-order valence-corrected chi connectivity index (χ2v) is 5.58. The minimum absolute atomic E-state index is 0.313. The fraction of sp³-hybridized carbons (Fsp3) is 0.176. The monoisotopic (exact) mass is 375 g/mol. The minimum atomic E-state index is -4.78. The van der Waals surface area contributed by atoms with Crippen LogP contribution >= 0.6 is 0 Å². The molecule has 3 aromatic rings. The van der Waals surface area contributed by atoms with Crippen molar-refractivity contribution in [3.8, 4) is 11.9 Å². The lowest BCUT2D eigenvalue weighted by Gasteiger charge is -2.14. The predicted octanol–water partition coefficient (Wildman–Crippen LogP) is 3.42. The first-order chi connectivity index (χ1) is 12.8. The molecule has 1 aromatic carbocycles. The Hall–Kier alpha value is -3.61. The Kier molecular flexibility index (Phi) is 4.45. The van der Waals surface area contributed by atoms with Crippen molar-refractivity contribution in [2.24, 2.45) is 0 Å². The fourth-order valence-corrected chi connectivity index (χ4v) is 2.70. The number of carbonyl (C=O) groups excluding carboxylic acids is 1. The second kappa shape index (κ2) is 6.60. The lowest BCUT2D eigenvalue weighted by atomic mass is 10.0. The van der Waals surface area contributed by atoms with Crippen molar-refractivity contribution in [2.75, 3.05) is 12.4 Å². The van der Waals surface area contributed by atoms with Gasteiger partial charge in [0.05, 0.1) is 29.1 Å². The number of nitriles is 1. The molecule has 2 heterocycles. The first-order valence-electron chi connectivity index (χ1n) is 7.56. The van der Waals surface area contributed by atoms with Crippen molar-refractivity contribution in [1.82, 2.24) is 15.2 Å². The Morgan fingerprint density at radius 1 is 1.37 bits per heavy atom. The maximum atomic E-state index is 13.3. The summed E-state index contributed by atoms with van der Waals surface area (Å²) in [6, 6.07) is 6.22. The third-order valence-corrected chi connectivity index (χ3v) is 3.92. The van der Waals surface area contributed by atoms with Crippen molar-refractivity contribution in [2.45, 2.75) is 13.1 Å². The zero-order chi connectivity index (χ0) is 19.8. The number of aromatic nitrogens is 3. The quantitative estimate of drug-likeness (QED) is 0.730.